The molecule has 0 unspecified atom stereocenters. The summed E-state index contributed by atoms with van der Waals surface area (Å²) in [5.74, 6) is -0.290. The Morgan fingerprint density at radius 3 is 2.83 bits per heavy atom. The van der Waals surface area contributed by atoms with Gasteiger partial charge >= 0.3 is 0 Å². The molecule has 124 valence electrons. The molecule has 0 spiro atoms. The molecule has 0 fully saturated rings. The molecule has 2 heterocycles. The largest absolute Gasteiger partial charge is 0.322 e. The number of carbonyl (C=O) groups is 1. The fraction of sp³-hybridized carbons (Fsp3) is 0.133. The number of nitrogens with zero attached hydrogens (tertiary/aromatic N) is 2. The van der Waals surface area contributed by atoms with Crippen LogP contribution in [0.25, 0.3) is 10.2 Å². The van der Waals surface area contributed by atoms with Gasteiger partial charge in [0.2, 0.25) is 10.0 Å². The van der Waals surface area contributed by atoms with Crippen LogP contribution >= 0.6 is 11.3 Å². The second kappa shape index (κ2) is 6.63. The number of aromatic nitrogens is 2. The number of hydrogen-bond donors (Lipinski definition) is 2. The summed E-state index contributed by atoms with van der Waals surface area (Å²) in [4.78, 5) is 20.6. The number of pyridine rings is 1. The van der Waals surface area contributed by atoms with Gasteiger partial charge in [-0.2, -0.15) is 0 Å². The van der Waals surface area contributed by atoms with Gasteiger partial charge in [0.15, 0.2) is 0 Å². The summed E-state index contributed by atoms with van der Waals surface area (Å²) in [5.41, 5.74) is 4.17. The SMILES string of the molecule is CS(=O)(=O)NCc1cc(C(=O)Nc2ccc3ncsc3c2)ccn1. The summed E-state index contributed by atoms with van der Waals surface area (Å²) >= 11 is 1.50. The van der Waals surface area contributed by atoms with Crippen molar-refractivity contribution in [3.05, 3.63) is 53.3 Å². The van der Waals surface area contributed by atoms with Crippen molar-refractivity contribution < 1.29 is 13.2 Å². The van der Waals surface area contributed by atoms with E-state index in [1.54, 1.807) is 23.7 Å². The average Bonchev–Trinajstić information content (AvgIpc) is 3.00. The number of anilines is 1. The van der Waals surface area contributed by atoms with Crippen molar-refractivity contribution >= 4 is 43.2 Å². The van der Waals surface area contributed by atoms with Crippen LogP contribution in [0.5, 0.6) is 0 Å². The maximum Gasteiger partial charge on any atom is 0.255 e. The summed E-state index contributed by atoms with van der Waals surface area (Å²) < 4.78 is 25.6. The van der Waals surface area contributed by atoms with E-state index in [4.69, 9.17) is 0 Å². The van der Waals surface area contributed by atoms with E-state index in [0.29, 0.717) is 16.9 Å². The number of thiazole rings is 1. The van der Waals surface area contributed by atoms with Gasteiger partial charge in [0.25, 0.3) is 5.91 Å². The average molecular weight is 362 g/mol. The van der Waals surface area contributed by atoms with Crippen LogP contribution in [0, 0.1) is 0 Å². The fourth-order valence-electron chi connectivity index (χ4n) is 2.06. The second-order valence-electron chi connectivity index (χ2n) is 5.12. The number of amides is 1. The number of sulfonamides is 1. The van der Waals surface area contributed by atoms with Gasteiger partial charge in [0.1, 0.15) is 0 Å². The van der Waals surface area contributed by atoms with E-state index >= 15 is 0 Å². The van der Waals surface area contributed by atoms with Crippen molar-refractivity contribution in [2.75, 3.05) is 11.6 Å². The van der Waals surface area contributed by atoms with Gasteiger partial charge in [-0.3, -0.25) is 9.78 Å². The van der Waals surface area contributed by atoms with Gasteiger partial charge in [-0.05, 0) is 30.3 Å². The molecule has 1 amide bonds. The molecule has 3 rings (SSSR count). The first-order valence-corrected chi connectivity index (χ1v) is 9.72. The minimum atomic E-state index is -3.31. The molecule has 1 aromatic carbocycles. The van der Waals surface area contributed by atoms with Gasteiger partial charge in [0, 0.05) is 17.4 Å². The summed E-state index contributed by atoms with van der Waals surface area (Å²) in [7, 11) is -3.31. The fourth-order valence-corrected chi connectivity index (χ4v) is 3.18. The number of carbonyl (C=O) groups excluding carboxylic acids is 1. The molecule has 2 aromatic heterocycles. The zero-order valence-electron chi connectivity index (χ0n) is 12.7. The lowest BCUT2D eigenvalue weighted by Crippen LogP contribution is -2.22. The van der Waals surface area contributed by atoms with Gasteiger partial charge in [0.05, 0.1) is 34.2 Å². The van der Waals surface area contributed by atoms with Gasteiger partial charge < -0.3 is 5.32 Å². The maximum atomic E-state index is 12.4. The molecule has 0 bridgehead atoms. The Morgan fingerprint density at radius 1 is 1.21 bits per heavy atom. The number of fused-ring (bicyclic) bond motifs is 1. The highest BCUT2D eigenvalue weighted by Gasteiger charge is 2.09. The maximum absolute atomic E-state index is 12.4. The molecule has 0 atom stereocenters. The highest BCUT2D eigenvalue weighted by Crippen LogP contribution is 2.22. The zero-order valence-corrected chi connectivity index (χ0v) is 14.3. The molecular formula is C15H14N4O3S2. The van der Waals surface area contributed by atoms with Gasteiger partial charge in [-0.1, -0.05) is 0 Å². The highest BCUT2D eigenvalue weighted by molar-refractivity contribution is 7.88. The predicted molar refractivity (Wildman–Crippen MR) is 93.5 cm³/mol. The number of benzene rings is 1. The number of nitrogens with one attached hydrogen (secondary N) is 2. The molecule has 0 aliphatic rings. The summed E-state index contributed by atoms with van der Waals surface area (Å²) in [5, 5.41) is 2.81. The van der Waals surface area contributed by atoms with Gasteiger partial charge in [-0.25, -0.2) is 18.1 Å². The summed E-state index contributed by atoms with van der Waals surface area (Å²) in [6, 6.07) is 8.62. The Bertz CT molecular complexity index is 999. The molecule has 7 nitrogen and oxygen atoms in total. The third-order valence-corrected chi connectivity index (χ3v) is 4.64. The minimum Gasteiger partial charge on any atom is -0.322 e. The molecule has 3 aromatic rings. The molecule has 0 saturated heterocycles. The molecule has 0 aliphatic carbocycles. The standard InChI is InChI=1S/C15H14N4O3S2/c1-24(21,22)18-8-12-6-10(4-5-16-12)15(20)19-11-2-3-13-14(7-11)23-9-17-13/h2-7,9,18H,8H2,1H3,(H,19,20). The summed E-state index contributed by atoms with van der Waals surface area (Å²) in [6.45, 7) is 0.0345. The molecule has 0 aliphatic heterocycles. The van der Waals surface area contributed by atoms with E-state index in [-0.39, 0.29) is 12.5 Å². The van der Waals surface area contributed by atoms with E-state index in [1.165, 1.54) is 17.5 Å². The third kappa shape index (κ3) is 4.13. The minimum absolute atomic E-state index is 0.0345. The van der Waals surface area contributed by atoms with Crippen molar-refractivity contribution in [2.45, 2.75) is 6.54 Å². The zero-order chi connectivity index (χ0) is 17.2. The Kier molecular flexibility index (Phi) is 4.56. The lowest BCUT2D eigenvalue weighted by Gasteiger charge is -2.07. The first kappa shape index (κ1) is 16.5. The Labute approximate surface area is 142 Å². The number of rotatable bonds is 5. The topological polar surface area (TPSA) is 101 Å². The van der Waals surface area contributed by atoms with Crippen LogP contribution < -0.4 is 10.0 Å². The van der Waals surface area contributed by atoms with Crippen molar-refractivity contribution in [1.82, 2.24) is 14.7 Å². The Hall–Kier alpha value is -2.36. The van der Waals surface area contributed by atoms with Gasteiger partial charge in [-0.15, -0.1) is 11.3 Å². The van der Waals surface area contributed by atoms with Crippen molar-refractivity contribution in [1.29, 1.82) is 0 Å². The van der Waals surface area contributed by atoms with Crippen LogP contribution in [0.4, 0.5) is 5.69 Å². The molecule has 9 heteroatoms. The van der Waals surface area contributed by atoms with Crippen molar-refractivity contribution in [3.63, 3.8) is 0 Å². The smallest absolute Gasteiger partial charge is 0.255 e. The highest BCUT2D eigenvalue weighted by atomic mass is 32.2. The van der Waals surface area contributed by atoms with E-state index in [9.17, 15) is 13.2 Å². The lowest BCUT2D eigenvalue weighted by molar-refractivity contribution is 0.102. The first-order chi connectivity index (χ1) is 11.4. The predicted octanol–water partition coefficient (Wildman–Crippen LogP) is 1.99. The molecule has 0 radical (unpaired) electrons. The van der Waals surface area contributed by atoms with Crippen LogP contribution in [-0.4, -0.2) is 30.5 Å². The lowest BCUT2D eigenvalue weighted by atomic mass is 10.2. The van der Waals surface area contributed by atoms with Crippen LogP contribution in [0.3, 0.4) is 0 Å². The van der Waals surface area contributed by atoms with Crippen molar-refractivity contribution in [2.24, 2.45) is 0 Å². The third-order valence-electron chi connectivity index (χ3n) is 3.18. The second-order valence-corrected chi connectivity index (χ2v) is 7.84. The number of hydrogen-bond acceptors (Lipinski definition) is 6. The quantitative estimate of drug-likeness (QED) is 0.723. The molecular weight excluding hydrogens is 348 g/mol. The summed E-state index contributed by atoms with van der Waals surface area (Å²) in [6.07, 6.45) is 2.54. The van der Waals surface area contributed by atoms with Crippen molar-refractivity contribution in [3.8, 4) is 0 Å². The van der Waals surface area contributed by atoms with Crippen LogP contribution in [0.2, 0.25) is 0 Å². The normalized spacial score (nSPS) is 11.5. The van der Waals surface area contributed by atoms with E-state index in [2.05, 4.69) is 20.0 Å². The molecule has 0 saturated carbocycles. The molecule has 24 heavy (non-hydrogen) atoms. The first-order valence-electron chi connectivity index (χ1n) is 6.95. The van der Waals surface area contributed by atoms with Crippen LogP contribution in [-0.2, 0) is 16.6 Å². The van der Waals surface area contributed by atoms with E-state index in [0.717, 1.165) is 16.5 Å². The van der Waals surface area contributed by atoms with Crippen LogP contribution in [0.1, 0.15) is 16.1 Å². The van der Waals surface area contributed by atoms with E-state index < -0.39 is 10.0 Å². The van der Waals surface area contributed by atoms with Crippen LogP contribution in [0.15, 0.2) is 42.0 Å². The monoisotopic (exact) mass is 362 g/mol. The Morgan fingerprint density at radius 2 is 2.04 bits per heavy atom. The van der Waals surface area contributed by atoms with E-state index in [1.807, 2.05) is 12.1 Å². The Balaban J connectivity index is 1.74. The molecule has 2 N–H and O–H groups in total.